The Kier molecular flexibility index (Phi) is 4.37. The second-order valence-corrected chi connectivity index (χ2v) is 4.11. The lowest BCUT2D eigenvalue weighted by molar-refractivity contribution is 0.321. The number of pyridine rings is 2. The minimum absolute atomic E-state index is 0.181. The fraction of sp³-hybridized carbons (Fsp3) is 0. The molecule has 0 bridgehead atoms. The Morgan fingerprint density at radius 2 is 2.26 bits per heavy atom. The maximum Gasteiger partial charge on any atom is 0.511 e. The average Bonchev–Trinajstić information content (AvgIpc) is 2.47. The van der Waals surface area contributed by atoms with Crippen LogP contribution in [0.25, 0.3) is 11.4 Å². The number of rotatable bonds is 4. The molecule has 0 saturated heterocycles. The van der Waals surface area contributed by atoms with E-state index in [4.69, 9.17) is 9.39 Å². The van der Waals surface area contributed by atoms with Gasteiger partial charge in [0, 0.05) is 29.4 Å². The van der Waals surface area contributed by atoms with Crippen molar-refractivity contribution in [2.75, 3.05) is 0 Å². The molecule has 0 amide bonds. The highest BCUT2D eigenvalue weighted by Gasteiger charge is 2.25. The van der Waals surface area contributed by atoms with Crippen LogP contribution in [-0.4, -0.2) is 21.4 Å². The molecule has 0 aliphatic carbocycles. The molecular weight excluding hydrogens is 286 g/mol. The predicted molar refractivity (Wildman–Crippen MR) is 72.8 cm³/mol. The van der Waals surface area contributed by atoms with Crippen LogP contribution in [0, 0.1) is 0 Å². The van der Waals surface area contributed by atoms with E-state index >= 15 is 0 Å². The van der Waals surface area contributed by atoms with Gasteiger partial charge in [-0.15, -0.1) is 0 Å². The number of hydrogen-bond acceptors (Lipinski definition) is 7. The van der Waals surface area contributed by atoms with E-state index in [-0.39, 0.29) is 28.0 Å². The lowest BCUT2D eigenvalue weighted by Crippen LogP contribution is -1.99. The molecule has 0 fully saturated rings. The van der Waals surface area contributed by atoms with Crippen molar-refractivity contribution in [3.05, 3.63) is 36.2 Å². The standard InChI is InChI=1S/C11H7N3O3S2/c15-13-6-9-11(19-16)10(17-18)5-8(14-9)7-3-1-2-4-12-7/h1-6H,(H-,15,18)/p+1/b13-6+. The van der Waals surface area contributed by atoms with Gasteiger partial charge in [0.15, 0.2) is 5.69 Å². The molecule has 0 radical (unpaired) electrons. The monoisotopic (exact) mass is 294 g/mol. The fourth-order valence-electron chi connectivity index (χ4n) is 1.47. The van der Waals surface area contributed by atoms with E-state index in [2.05, 4.69) is 28.0 Å². The van der Waals surface area contributed by atoms with Crippen molar-refractivity contribution in [2.24, 2.45) is 5.16 Å². The summed E-state index contributed by atoms with van der Waals surface area (Å²) in [5.41, 5.74) is 1.27. The van der Waals surface area contributed by atoms with E-state index in [1.807, 2.05) is 0 Å². The number of aromatic nitrogens is 2. The Labute approximate surface area is 118 Å². The van der Waals surface area contributed by atoms with Crippen molar-refractivity contribution >= 4 is 30.8 Å². The largest absolute Gasteiger partial charge is 0.511 e. The third-order valence-corrected chi connectivity index (χ3v) is 3.03. The zero-order valence-electron chi connectivity index (χ0n) is 9.42. The molecule has 96 valence electrons. The highest BCUT2D eigenvalue weighted by molar-refractivity contribution is 7.75. The third-order valence-electron chi connectivity index (χ3n) is 2.25. The van der Waals surface area contributed by atoms with E-state index in [1.54, 1.807) is 30.5 Å². The first-order valence-corrected chi connectivity index (χ1v) is 6.16. The maximum atomic E-state index is 11.1. The number of oxime groups is 1. The molecule has 1 N–H and O–H groups in total. The van der Waals surface area contributed by atoms with Gasteiger partial charge < -0.3 is 9.39 Å². The minimum atomic E-state index is 0.181. The smallest absolute Gasteiger partial charge is 0.423 e. The molecule has 0 aliphatic rings. The molecule has 6 nitrogen and oxygen atoms in total. The molecule has 0 saturated carbocycles. The summed E-state index contributed by atoms with van der Waals surface area (Å²) in [5.74, 6) is 0.230. The number of nitrogens with zero attached hydrogens (tertiary/aromatic N) is 3. The van der Waals surface area contributed by atoms with Gasteiger partial charge in [-0.2, -0.15) is 0 Å². The van der Waals surface area contributed by atoms with Crippen LogP contribution in [0.15, 0.2) is 40.5 Å². The quantitative estimate of drug-likeness (QED) is 0.225. The van der Waals surface area contributed by atoms with Crippen molar-refractivity contribution in [2.45, 2.75) is 4.90 Å². The van der Waals surface area contributed by atoms with Crippen molar-refractivity contribution < 1.29 is 13.6 Å². The summed E-state index contributed by atoms with van der Waals surface area (Å²) in [4.78, 5) is 8.54. The van der Waals surface area contributed by atoms with Gasteiger partial charge in [-0.3, -0.25) is 4.98 Å². The van der Waals surface area contributed by atoms with E-state index < -0.39 is 0 Å². The molecule has 19 heavy (non-hydrogen) atoms. The van der Waals surface area contributed by atoms with E-state index in [0.29, 0.717) is 11.4 Å². The number of hydrogen-bond donors (Lipinski definition) is 2. The van der Waals surface area contributed by atoms with Crippen LogP contribution in [0.4, 0.5) is 0 Å². The molecule has 0 aromatic carbocycles. The van der Waals surface area contributed by atoms with Gasteiger partial charge in [-0.25, -0.2) is 4.98 Å². The second-order valence-electron chi connectivity index (χ2n) is 3.35. The van der Waals surface area contributed by atoms with Crippen LogP contribution in [0.5, 0.6) is 5.75 Å². The van der Waals surface area contributed by atoms with Crippen LogP contribution in [0.3, 0.4) is 0 Å². The van der Waals surface area contributed by atoms with Crippen LogP contribution >= 0.6 is 12.9 Å². The van der Waals surface area contributed by atoms with Gasteiger partial charge in [0.1, 0.15) is 0 Å². The highest BCUT2D eigenvalue weighted by Crippen LogP contribution is 2.27. The lowest BCUT2D eigenvalue weighted by atomic mass is 10.2. The van der Waals surface area contributed by atoms with Crippen LogP contribution in [0.1, 0.15) is 5.69 Å². The van der Waals surface area contributed by atoms with Crippen molar-refractivity contribution in [1.82, 2.24) is 9.97 Å². The zero-order chi connectivity index (χ0) is 13.7. The summed E-state index contributed by atoms with van der Waals surface area (Å²) in [7, 11) is 0. The SMILES string of the molecule is O=[S+]c1c(OS)cc(-c2ccccn2)nc1/C=N/O. The maximum absolute atomic E-state index is 11.1. The Morgan fingerprint density at radius 3 is 2.84 bits per heavy atom. The molecular formula is C11H8N3O3S2+. The summed E-state index contributed by atoms with van der Waals surface area (Å²) in [6, 6.07) is 6.89. The topological polar surface area (TPSA) is 84.7 Å². The molecule has 2 aromatic rings. The van der Waals surface area contributed by atoms with Crippen LogP contribution in [0.2, 0.25) is 0 Å². The third kappa shape index (κ3) is 2.85. The summed E-state index contributed by atoms with van der Waals surface area (Å²) >= 11 is 3.88. The van der Waals surface area contributed by atoms with Crippen molar-refractivity contribution in [1.29, 1.82) is 0 Å². The van der Waals surface area contributed by atoms with Gasteiger partial charge in [0.2, 0.25) is 5.75 Å². The Morgan fingerprint density at radius 1 is 1.42 bits per heavy atom. The summed E-state index contributed by atoms with van der Waals surface area (Å²) < 4.78 is 15.9. The number of thiol groups is 1. The van der Waals surface area contributed by atoms with Crippen molar-refractivity contribution in [3.8, 4) is 17.1 Å². The summed E-state index contributed by atoms with van der Waals surface area (Å²) in [5, 5.41) is 11.5. The average molecular weight is 294 g/mol. The molecule has 2 rings (SSSR count). The van der Waals surface area contributed by atoms with Gasteiger partial charge in [0.05, 0.1) is 17.6 Å². The molecule has 2 aromatic heterocycles. The van der Waals surface area contributed by atoms with Gasteiger partial charge in [-0.05, 0) is 12.1 Å². The first-order valence-electron chi connectivity index (χ1n) is 5.05. The molecule has 0 aliphatic heterocycles. The normalized spacial score (nSPS) is 10.6. The van der Waals surface area contributed by atoms with Gasteiger partial charge in [0.25, 0.3) is 0 Å². The summed E-state index contributed by atoms with van der Waals surface area (Å²) in [6.45, 7) is 0. The summed E-state index contributed by atoms with van der Waals surface area (Å²) in [6.07, 6.45) is 2.68. The lowest BCUT2D eigenvalue weighted by Gasteiger charge is -2.03. The first kappa shape index (κ1) is 13.4. The molecule has 0 spiro atoms. The van der Waals surface area contributed by atoms with Crippen LogP contribution < -0.4 is 4.18 Å². The Bertz CT molecular complexity index is 620. The molecule has 0 atom stereocenters. The Balaban J connectivity index is 2.64. The van der Waals surface area contributed by atoms with Crippen LogP contribution in [-0.2, 0) is 15.9 Å². The fourth-order valence-corrected chi connectivity index (χ4v) is 2.04. The van der Waals surface area contributed by atoms with E-state index in [1.165, 1.54) is 0 Å². The first-order chi connectivity index (χ1) is 9.30. The van der Waals surface area contributed by atoms with Gasteiger partial charge >= 0.3 is 16.6 Å². The molecule has 8 heteroatoms. The molecule has 2 heterocycles. The second kappa shape index (κ2) is 6.21. The predicted octanol–water partition coefficient (Wildman–Crippen LogP) is 1.96. The molecule has 0 unspecified atom stereocenters. The van der Waals surface area contributed by atoms with Gasteiger partial charge in [-0.1, -0.05) is 11.2 Å². The minimum Gasteiger partial charge on any atom is -0.423 e. The van der Waals surface area contributed by atoms with Crippen molar-refractivity contribution in [3.63, 3.8) is 0 Å². The zero-order valence-corrected chi connectivity index (χ0v) is 11.1. The van der Waals surface area contributed by atoms with E-state index in [9.17, 15) is 4.21 Å². The van der Waals surface area contributed by atoms with E-state index in [0.717, 1.165) is 6.21 Å². The highest BCUT2D eigenvalue weighted by atomic mass is 32.1. The Hall–Kier alpha value is -2.06.